The molecule has 0 atom stereocenters. The number of benzene rings is 1. The minimum Gasteiger partial charge on any atom is -0.313 e. The fourth-order valence-corrected chi connectivity index (χ4v) is 2.86. The third-order valence-electron chi connectivity index (χ3n) is 2.77. The highest BCUT2D eigenvalue weighted by Gasteiger charge is 2.19. The molecule has 21 heavy (non-hydrogen) atoms. The van der Waals surface area contributed by atoms with Gasteiger partial charge in [-0.05, 0) is 18.2 Å². The molecule has 0 aliphatic carbocycles. The first kappa shape index (κ1) is 13.1. The van der Waals surface area contributed by atoms with Crippen LogP contribution in [0.5, 0.6) is 0 Å². The molecule has 0 fully saturated rings. The summed E-state index contributed by atoms with van der Waals surface area (Å²) in [5, 5.41) is 7.35. The molecule has 3 aromatic rings. The predicted octanol–water partition coefficient (Wildman–Crippen LogP) is -0.260. The smallest absolute Gasteiger partial charge is 0.313 e. The van der Waals surface area contributed by atoms with Crippen molar-refractivity contribution in [2.75, 3.05) is 4.72 Å². The number of nitrogens with one attached hydrogen (secondary N) is 4. The number of sulfonamides is 1. The summed E-state index contributed by atoms with van der Waals surface area (Å²) in [6.07, 6.45) is 2.44. The summed E-state index contributed by atoms with van der Waals surface area (Å²) in [6, 6.07) is 4.75. The molecule has 4 N–H and O–H groups in total. The third-order valence-corrected chi connectivity index (χ3v) is 4.16. The highest BCUT2D eigenvalue weighted by molar-refractivity contribution is 7.92. The van der Waals surface area contributed by atoms with Gasteiger partial charge < -0.3 is 4.98 Å². The summed E-state index contributed by atoms with van der Waals surface area (Å²) in [5.74, 6) is 0. The lowest BCUT2D eigenvalue weighted by Crippen LogP contribution is -2.29. The topological polar surface area (TPSA) is 141 Å². The van der Waals surface area contributed by atoms with Crippen LogP contribution in [0, 0.1) is 0 Å². The molecule has 0 unspecified atom stereocenters. The van der Waals surface area contributed by atoms with Crippen LogP contribution < -0.4 is 16.0 Å². The third kappa shape index (κ3) is 2.43. The number of aromatic amines is 3. The lowest BCUT2D eigenvalue weighted by atomic mass is 10.2. The molecule has 0 saturated carbocycles. The van der Waals surface area contributed by atoms with Crippen molar-refractivity contribution in [3.8, 4) is 0 Å². The van der Waals surface area contributed by atoms with E-state index in [9.17, 15) is 18.0 Å². The maximum absolute atomic E-state index is 12.1. The molecule has 0 aliphatic heterocycles. The van der Waals surface area contributed by atoms with Crippen LogP contribution in [0.3, 0.4) is 0 Å². The lowest BCUT2D eigenvalue weighted by Gasteiger charge is -2.06. The van der Waals surface area contributed by atoms with E-state index in [1.165, 1.54) is 6.07 Å². The van der Waals surface area contributed by atoms with E-state index in [0.717, 1.165) is 11.6 Å². The number of aromatic nitrogens is 4. The van der Waals surface area contributed by atoms with Gasteiger partial charge in [-0.25, -0.2) is 13.2 Å². The molecular formula is C11H9N5O4S. The summed E-state index contributed by atoms with van der Waals surface area (Å²) in [7, 11) is -4.11. The molecule has 108 valence electrons. The van der Waals surface area contributed by atoms with Gasteiger partial charge in [-0.15, -0.1) is 0 Å². The van der Waals surface area contributed by atoms with E-state index in [-0.39, 0.29) is 5.69 Å². The Bertz CT molecular complexity index is 1030. The molecule has 2 aromatic heterocycles. The molecule has 1 aromatic carbocycles. The second-order valence-corrected chi connectivity index (χ2v) is 5.86. The van der Waals surface area contributed by atoms with Crippen LogP contribution in [0.25, 0.3) is 10.9 Å². The Morgan fingerprint density at radius 2 is 2.00 bits per heavy atom. The van der Waals surface area contributed by atoms with Crippen molar-refractivity contribution in [1.82, 2.24) is 20.2 Å². The second kappa shape index (κ2) is 4.59. The van der Waals surface area contributed by atoms with Crippen molar-refractivity contribution >= 4 is 26.6 Å². The van der Waals surface area contributed by atoms with E-state index in [4.69, 9.17) is 0 Å². The Morgan fingerprint density at radius 1 is 1.19 bits per heavy atom. The number of H-pyrrole nitrogens is 3. The number of anilines is 1. The minimum absolute atomic E-state index is 0.261. The molecule has 0 spiro atoms. The summed E-state index contributed by atoms with van der Waals surface area (Å²) in [5.41, 5.74) is -0.866. The van der Waals surface area contributed by atoms with Crippen molar-refractivity contribution in [2.24, 2.45) is 0 Å². The van der Waals surface area contributed by atoms with E-state index < -0.39 is 26.2 Å². The van der Waals surface area contributed by atoms with Crippen molar-refractivity contribution < 1.29 is 8.42 Å². The van der Waals surface area contributed by atoms with Crippen molar-refractivity contribution in [1.29, 1.82) is 0 Å². The zero-order chi connectivity index (χ0) is 15.0. The van der Waals surface area contributed by atoms with E-state index >= 15 is 0 Å². The van der Waals surface area contributed by atoms with Gasteiger partial charge in [-0.2, -0.15) is 5.10 Å². The standard InChI is InChI=1S/C11H9N5O4S/c17-10-9(5-12-11(18)14-10)21(19,20)16-7-2-1-6-4-13-15-8(6)3-7/h1-5,16H,(H,13,15)(H2,12,14,17,18). The zero-order valence-electron chi connectivity index (χ0n) is 10.4. The van der Waals surface area contributed by atoms with Gasteiger partial charge in [0.25, 0.3) is 15.6 Å². The van der Waals surface area contributed by atoms with Crippen molar-refractivity contribution in [2.45, 2.75) is 4.90 Å². The van der Waals surface area contributed by atoms with Gasteiger partial charge >= 0.3 is 5.69 Å². The van der Waals surface area contributed by atoms with Gasteiger partial charge in [0.15, 0.2) is 4.90 Å². The maximum atomic E-state index is 12.1. The Labute approximate surface area is 117 Å². The van der Waals surface area contributed by atoms with Gasteiger partial charge in [0.1, 0.15) is 0 Å². The van der Waals surface area contributed by atoms with Gasteiger partial charge in [0.05, 0.1) is 17.4 Å². The summed E-state index contributed by atoms with van der Waals surface area (Å²) in [4.78, 5) is 25.8. The molecule has 9 nitrogen and oxygen atoms in total. The van der Waals surface area contributed by atoms with Crippen LogP contribution >= 0.6 is 0 Å². The molecule has 10 heteroatoms. The van der Waals surface area contributed by atoms with Crippen molar-refractivity contribution in [3.05, 3.63) is 51.4 Å². The van der Waals surface area contributed by atoms with Crippen molar-refractivity contribution in [3.63, 3.8) is 0 Å². The van der Waals surface area contributed by atoms with E-state index in [2.05, 4.69) is 19.9 Å². The normalized spacial score (nSPS) is 11.6. The van der Waals surface area contributed by atoms with Crippen LogP contribution in [0.4, 0.5) is 5.69 Å². The SMILES string of the molecule is O=c1[nH]cc(S(=O)(=O)Nc2ccc3cn[nH]c3c2)c(=O)[nH]1. The van der Waals surface area contributed by atoms with E-state index in [0.29, 0.717) is 5.52 Å². The highest BCUT2D eigenvalue weighted by Crippen LogP contribution is 2.18. The molecule has 3 rings (SSSR count). The largest absolute Gasteiger partial charge is 0.325 e. The van der Waals surface area contributed by atoms with Gasteiger partial charge in [-0.3, -0.25) is 19.6 Å². The first-order valence-corrected chi connectivity index (χ1v) is 7.22. The number of rotatable bonds is 3. The average Bonchev–Trinajstić information content (AvgIpc) is 2.85. The first-order valence-electron chi connectivity index (χ1n) is 5.74. The van der Waals surface area contributed by atoms with Gasteiger partial charge in [0, 0.05) is 11.6 Å². The van der Waals surface area contributed by atoms with Crippen LogP contribution in [-0.4, -0.2) is 28.6 Å². The van der Waals surface area contributed by atoms with Crippen LogP contribution in [0.2, 0.25) is 0 Å². The Hall–Kier alpha value is -2.88. The Morgan fingerprint density at radius 3 is 2.76 bits per heavy atom. The monoisotopic (exact) mass is 307 g/mol. The number of hydrogen-bond acceptors (Lipinski definition) is 5. The average molecular weight is 307 g/mol. The van der Waals surface area contributed by atoms with Crippen LogP contribution in [-0.2, 0) is 10.0 Å². The Kier molecular flexibility index (Phi) is 2.87. The molecule has 0 amide bonds. The fraction of sp³-hybridized carbons (Fsp3) is 0. The zero-order valence-corrected chi connectivity index (χ0v) is 11.2. The van der Waals surface area contributed by atoms with E-state index in [1.54, 1.807) is 18.3 Å². The van der Waals surface area contributed by atoms with Gasteiger partial charge in [0.2, 0.25) is 0 Å². The van der Waals surface area contributed by atoms with E-state index in [1.807, 2.05) is 4.98 Å². The Balaban J connectivity index is 2.02. The second-order valence-electron chi connectivity index (χ2n) is 4.21. The van der Waals surface area contributed by atoms with Crippen LogP contribution in [0.1, 0.15) is 0 Å². The van der Waals surface area contributed by atoms with Crippen LogP contribution in [0.15, 0.2) is 45.1 Å². The lowest BCUT2D eigenvalue weighted by molar-refractivity contribution is 0.599. The molecular weight excluding hydrogens is 298 g/mol. The number of fused-ring (bicyclic) bond motifs is 1. The summed E-state index contributed by atoms with van der Waals surface area (Å²) in [6.45, 7) is 0. The number of hydrogen-bond donors (Lipinski definition) is 4. The molecule has 0 bridgehead atoms. The first-order chi connectivity index (χ1) is 9.95. The summed E-state index contributed by atoms with van der Waals surface area (Å²) >= 11 is 0. The molecule has 0 saturated heterocycles. The summed E-state index contributed by atoms with van der Waals surface area (Å²) < 4.78 is 26.5. The quantitative estimate of drug-likeness (QED) is 0.527. The molecule has 0 radical (unpaired) electrons. The fourth-order valence-electron chi connectivity index (χ4n) is 1.81. The highest BCUT2D eigenvalue weighted by atomic mass is 32.2. The minimum atomic E-state index is -4.11. The predicted molar refractivity (Wildman–Crippen MR) is 74.6 cm³/mol. The molecule has 0 aliphatic rings. The van der Waals surface area contributed by atoms with Gasteiger partial charge in [-0.1, -0.05) is 0 Å². The molecule has 2 heterocycles. The number of nitrogens with zero attached hydrogens (tertiary/aromatic N) is 1. The maximum Gasteiger partial charge on any atom is 0.325 e.